The Morgan fingerprint density at radius 2 is 0.586 bits per heavy atom. The van der Waals surface area contributed by atoms with Crippen molar-refractivity contribution in [3.05, 3.63) is 72.9 Å². The Morgan fingerprint density at radius 1 is 0.300 bits per heavy atom. The van der Waals surface area contributed by atoms with E-state index in [0.717, 1.165) is 109 Å². The first-order chi connectivity index (χ1) is 34.5. The minimum atomic E-state index is -0.781. The van der Waals surface area contributed by atoms with Crippen LogP contribution >= 0.6 is 0 Å². The van der Waals surface area contributed by atoms with E-state index in [0.29, 0.717) is 19.3 Å². The van der Waals surface area contributed by atoms with Gasteiger partial charge in [0, 0.05) is 19.3 Å². The third-order valence-electron chi connectivity index (χ3n) is 12.9. The number of hydrogen-bond donors (Lipinski definition) is 0. The monoisotopic (exact) mass is 977 g/mol. The quantitative estimate of drug-likeness (QED) is 0.0261. The van der Waals surface area contributed by atoms with E-state index in [9.17, 15) is 14.4 Å². The molecule has 0 saturated heterocycles. The Bertz CT molecular complexity index is 1310. The molecule has 0 aliphatic carbocycles. The van der Waals surface area contributed by atoms with Crippen molar-refractivity contribution in [3.8, 4) is 0 Å². The summed E-state index contributed by atoms with van der Waals surface area (Å²) in [5, 5.41) is 0. The van der Waals surface area contributed by atoms with Gasteiger partial charge in [-0.1, -0.05) is 267 Å². The summed E-state index contributed by atoms with van der Waals surface area (Å²) in [7, 11) is 0. The van der Waals surface area contributed by atoms with E-state index in [1.54, 1.807) is 0 Å². The number of esters is 3. The summed E-state index contributed by atoms with van der Waals surface area (Å²) in [6.45, 7) is 6.48. The minimum Gasteiger partial charge on any atom is -0.462 e. The van der Waals surface area contributed by atoms with Crippen molar-refractivity contribution < 1.29 is 28.6 Å². The highest BCUT2D eigenvalue weighted by Crippen LogP contribution is 2.17. The van der Waals surface area contributed by atoms with Gasteiger partial charge >= 0.3 is 17.9 Å². The predicted octanol–water partition coefficient (Wildman–Crippen LogP) is 20.2. The number of unbranched alkanes of at least 4 members (excludes halogenated alkanes) is 31. The molecular weight excluding hydrogens is 865 g/mol. The zero-order valence-corrected chi connectivity index (χ0v) is 46.3. The first-order valence-electron chi connectivity index (χ1n) is 29.9. The van der Waals surface area contributed by atoms with E-state index in [1.165, 1.54) is 148 Å². The Labute approximate surface area is 433 Å². The molecule has 1 unspecified atom stereocenters. The van der Waals surface area contributed by atoms with Gasteiger partial charge in [-0.2, -0.15) is 0 Å². The molecule has 0 amide bonds. The number of carbonyl (C=O) groups excluding carboxylic acids is 3. The Hall–Kier alpha value is -3.15. The second-order valence-corrected chi connectivity index (χ2v) is 19.9. The molecule has 0 fully saturated rings. The van der Waals surface area contributed by atoms with Crippen LogP contribution in [0.4, 0.5) is 0 Å². The number of carbonyl (C=O) groups is 3. The van der Waals surface area contributed by atoms with Gasteiger partial charge in [0.1, 0.15) is 13.2 Å². The highest BCUT2D eigenvalue weighted by molar-refractivity contribution is 5.71. The lowest BCUT2D eigenvalue weighted by Gasteiger charge is -2.18. The average Bonchev–Trinajstić information content (AvgIpc) is 3.36. The van der Waals surface area contributed by atoms with Gasteiger partial charge in [0.25, 0.3) is 0 Å². The lowest BCUT2D eigenvalue weighted by molar-refractivity contribution is -0.167. The van der Waals surface area contributed by atoms with Crippen molar-refractivity contribution in [1.82, 2.24) is 0 Å². The largest absolute Gasteiger partial charge is 0.462 e. The second kappa shape index (κ2) is 58.4. The number of rotatable bonds is 54. The SMILES string of the molecule is CC/C=C\C/C=C\C/C=C\C/C=C\C/C=C\CCCCCCCCCC(=O)OCC(COC(=O)CCCCCCC/C=C\CCC)OC(=O)CCCCCCCCCCCCCCCCCCCCC. The van der Waals surface area contributed by atoms with Crippen molar-refractivity contribution >= 4 is 17.9 Å². The van der Waals surface area contributed by atoms with Crippen LogP contribution in [0.25, 0.3) is 0 Å². The molecule has 404 valence electrons. The minimum absolute atomic E-state index is 0.0811. The van der Waals surface area contributed by atoms with Crippen LogP contribution in [-0.2, 0) is 28.6 Å². The van der Waals surface area contributed by atoms with Crippen LogP contribution in [0.15, 0.2) is 72.9 Å². The molecule has 0 bridgehead atoms. The fourth-order valence-corrected chi connectivity index (χ4v) is 8.47. The number of hydrogen-bond acceptors (Lipinski definition) is 6. The van der Waals surface area contributed by atoms with Crippen LogP contribution in [0.5, 0.6) is 0 Å². The van der Waals surface area contributed by atoms with Crippen LogP contribution < -0.4 is 0 Å². The van der Waals surface area contributed by atoms with E-state index in [-0.39, 0.29) is 31.1 Å². The smallest absolute Gasteiger partial charge is 0.306 e. The number of ether oxygens (including phenoxy) is 3. The van der Waals surface area contributed by atoms with Gasteiger partial charge in [-0.15, -0.1) is 0 Å². The zero-order valence-electron chi connectivity index (χ0n) is 46.3. The molecule has 0 aromatic carbocycles. The van der Waals surface area contributed by atoms with Crippen molar-refractivity contribution in [1.29, 1.82) is 0 Å². The molecule has 0 N–H and O–H groups in total. The lowest BCUT2D eigenvalue weighted by Crippen LogP contribution is -2.30. The van der Waals surface area contributed by atoms with Crippen molar-refractivity contribution in [2.45, 2.75) is 303 Å². The molecule has 70 heavy (non-hydrogen) atoms. The Kier molecular flexibility index (Phi) is 55.8. The van der Waals surface area contributed by atoms with Crippen LogP contribution in [0.2, 0.25) is 0 Å². The van der Waals surface area contributed by atoms with Crippen molar-refractivity contribution in [3.63, 3.8) is 0 Å². The average molecular weight is 978 g/mol. The van der Waals surface area contributed by atoms with Gasteiger partial charge in [0.05, 0.1) is 0 Å². The van der Waals surface area contributed by atoms with Crippen LogP contribution in [0.3, 0.4) is 0 Å². The molecule has 6 heteroatoms. The van der Waals surface area contributed by atoms with E-state index in [2.05, 4.69) is 93.7 Å². The van der Waals surface area contributed by atoms with Gasteiger partial charge in [0.2, 0.25) is 0 Å². The second-order valence-electron chi connectivity index (χ2n) is 19.9. The van der Waals surface area contributed by atoms with E-state index in [1.807, 2.05) is 0 Å². The molecular formula is C64H112O6. The fraction of sp³-hybridized carbons (Fsp3) is 0.766. The molecule has 1 atom stereocenters. The molecule has 0 aliphatic heterocycles. The molecule has 0 heterocycles. The molecule has 0 spiro atoms. The molecule has 0 aliphatic rings. The Morgan fingerprint density at radius 3 is 0.943 bits per heavy atom. The van der Waals surface area contributed by atoms with Gasteiger partial charge in [-0.3, -0.25) is 14.4 Å². The molecule has 0 radical (unpaired) electrons. The topological polar surface area (TPSA) is 78.9 Å². The van der Waals surface area contributed by atoms with E-state index in [4.69, 9.17) is 14.2 Å². The van der Waals surface area contributed by atoms with Crippen LogP contribution in [-0.4, -0.2) is 37.2 Å². The standard InChI is InChI=1S/C64H112O6/c1-4-7-10-13-16-19-22-24-26-28-30-31-32-33-35-36-38-40-42-45-48-51-54-57-63(66)69-60-61(59-68-62(65)56-53-50-47-44-21-18-15-12-9-6-3)70-64(67)58-55-52-49-46-43-41-39-37-34-29-27-25-23-20-17-14-11-8-5-2/h7,10,12,15-16,19,24,26,30-31,33,35,61H,4-6,8-9,11,13-14,17-18,20-23,25,27-29,32,34,36-60H2,1-3H3/b10-7-,15-12-,19-16-,26-24-,31-30-,35-33-. The fourth-order valence-electron chi connectivity index (χ4n) is 8.47. The van der Waals surface area contributed by atoms with E-state index < -0.39 is 6.10 Å². The molecule has 6 nitrogen and oxygen atoms in total. The number of allylic oxidation sites excluding steroid dienone is 12. The van der Waals surface area contributed by atoms with Crippen LogP contribution in [0, 0.1) is 0 Å². The summed E-state index contributed by atoms with van der Waals surface area (Å²) in [5.74, 6) is -0.890. The highest BCUT2D eigenvalue weighted by Gasteiger charge is 2.19. The van der Waals surface area contributed by atoms with Crippen LogP contribution in [0.1, 0.15) is 297 Å². The van der Waals surface area contributed by atoms with Gasteiger partial charge in [0.15, 0.2) is 6.10 Å². The maximum Gasteiger partial charge on any atom is 0.306 e. The predicted molar refractivity (Wildman–Crippen MR) is 302 cm³/mol. The zero-order chi connectivity index (χ0) is 50.7. The maximum atomic E-state index is 12.9. The molecule has 0 saturated carbocycles. The van der Waals surface area contributed by atoms with Gasteiger partial charge in [-0.25, -0.2) is 0 Å². The van der Waals surface area contributed by atoms with Crippen molar-refractivity contribution in [2.75, 3.05) is 13.2 Å². The lowest BCUT2D eigenvalue weighted by atomic mass is 10.0. The maximum absolute atomic E-state index is 12.9. The molecule has 0 rings (SSSR count). The first kappa shape index (κ1) is 66.9. The molecule has 0 aromatic heterocycles. The highest BCUT2D eigenvalue weighted by atomic mass is 16.6. The summed E-state index contributed by atoms with van der Waals surface area (Å²) < 4.78 is 16.9. The first-order valence-corrected chi connectivity index (χ1v) is 29.9. The molecule has 0 aromatic rings. The normalized spacial score (nSPS) is 12.6. The van der Waals surface area contributed by atoms with Gasteiger partial charge in [-0.05, 0) is 83.5 Å². The summed E-state index contributed by atoms with van der Waals surface area (Å²) in [6, 6.07) is 0. The summed E-state index contributed by atoms with van der Waals surface area (Å²) in [6.07, 6.45) is 74.8. The summed E-state index contributed by atoms with van der Waals surface area (Å²) in [5.41, 5.74) is 0. The summed E-state index contributed by atoms with van der Waals surface area (Å²) >= 11 is 0. The van der Waals surface area contributed by atoms with Gasteiger partial charge < -0.3 is 14.2 Å². The third kappa shape index (κ3) is 55.8. The van der Waals surface area contributed by atoms with Crippen molar-refractivity contribution in [2.24, 2.45) is 0 Å². The third-order valence-corrected chi connectivity index (χ3v) is 12.9. The Balaban J connectivity index is 4.29. The van der Waals surface area contributed by atoms with E-state index >= 15 is 0 Å². The summed E-state index contributed by atoms with van der Waals surface area (Å²) in [4.78, 5) is 38.1.